The third kappa shape index (κ3) is 3.54. The summed E-state index contributed by atoms with van der Waals surface area (Å²) >= 11 is 0. The molecular weight excluding hydrogens is 339 g/mol. The predicted octanol–water partition coefficient (Wildman–Crippen LogP) is 2.35. The van der Waals surface area contributed by atoms with Gasteiger partial charge in [0.15, 0.2) is 6.79 Å². The van der Waals surface area contributed by atoms with E-state index in [1.165, 1.54) is 17.0 Å². The second-order valence-electron chi connectivity index (χ2n) is 6.84. The third-order valence-corrected chi connectivity index (χ3v) is 4.93. The van der Waals surface area contributed by atoms with Crippen molar-refractivity contribution in [2.24, 2.45) is 0 Å². The van der Waals surface area contributed by atoms with E-state index in [0.717, 1.165) is 18.4 Å². The molecule has 0 bridgehead atoms. The summed E-state index contributed by atoms with van der Waals surface area (Å²) < 4.78 is 25.0. The lowest BCUT2D eigenvalue weighted by Gasteiger charge is -2.24. The summed E-state index contributed by atoms with van der Waals surface area (Å²) in [5.74, 6) is 0.463. The number of nitro groups is 1. The minimum Gasteiger partial charge on any atom is -0.467 e. The fourth-order valence-electron chi connectivity index (χ4n) is 3.49. The summed E-state index contributed by atoms with van der Waals surface area (Å²) in [4.78, 5) is 12.1. The van der Waals surface area contributed by atoms with Crippen molar-refractivity contribution in [2.45, 2.75) is 38.6 Å². The Bertz CT molecular complexity index is 838. The van der Waals surface area contributed by atoms with Gasteiger partial charge < -0.3 is 14.4 Å². The number of ether oxygens (including phenoxy) is 2. The molecule has 26 heavy (non-hydrogen) atoms. The van der Waals surface area contributed by atoms with Crippen molar-refractivity contribution < 1.29 is 23.7 Å². The number of non-ortho nitro benzene ring substituents is 1. The smallest absolute Gasteiger partial charge is 0.270 e. The predicted molar refractivity (Wildman–Crippen MR) is 91.2 cm³/mol. The van der Waals surface area contributed by atoms with Gasteiger partial charge in [0, 0.05) is 36.1 Å². The van der Waals surface area contributed by atoms with Gasteiger partial charge in [-0.3, -0.25) is 10.1 Å². The first-order valence-electron chi connectivity index (χ1n) is 8.70. The van der Waals surface area contributed by atoms with Gasteiger partial charge in [-0.1, -0.05) is 18.2 Å². The molecule has 1 fully saturated rings. The molecule has 4 rings (SSSR count). The molecule has 1 saturated carbocycles. The highest BCUT2D eigenvalue weighted by Crippen LogP contribution is 2.32. The molecule has 1 aliphatic heterocycles. The van der Waals surface area contributed by atoms with Gasteiger partial charge in [-0.05, 0) is 6.07 Å². The second-order valence-corrected chi connectivity index (χ2v) is 6.84. The lowest BCUT2D eigenvalue weighted by atomic mass is 10.1. The first kappa shape index (κ1) is 16.9. The van der Waals surface area contributed by atoms with Crippen molar-refractivity contribution in [2.75, 3.05) is 6.79 Å². The van der Waals surface area contributed by atoms with Gasteiger partial charge >= 0.3 is 0 Å². The van der Waals surface area contributed by atoms with Gasteiger partial charge in [0.05, 0.1) is 23.1 Å². The Morgan fingerprint density at radius 3 is 2.69 bits per heavy atom. The van der Waals surface area contributed by atoms with E-state index in [9.17, 15) is 14.5 Å². The van der Waals surface area contributed by atoms with Crippen molar-refractivity contribution in [3.8, 4) is 5.75 Å². The molecule has 1 N–H and O–H groups in total. The number of fused-ring (bicyclic) bond motifs is 1. The molecule has 2 aromatic carbocycles. The summed E-state index contributed by atoms with van der Waals surface area (Å²) in [6.07, 6.45) is 2.18. The molecule has 2 aromatic rings. The van der Waals surface area contributed by atoms with Crippen molar-refractivity contribution >= 4 is 5.69 Å². The maximum Gasteiger partial charge on any atom is 0.270 e. The van der Waals surface area contributed by atoms with E-state index in [4.69, 9.17) is 9.47 Å². The highest BCUT2D eigenvalue weighted by atomic mass is 19.1. The SMILES string of the molecule is O=[N+]([O-])c1cc2c(c(C[NH+](Cc3ccccc3F)C3CC3)c1)OCOC2. The summed E-state index contributed by atoms with van der Waals surface area (Å²) in [7, 11) is 0. The van der Waals surface area contributed by atoms with Crippen LogP contribution < -0.4 is 9.64 Å². The number of hydrogen-bond donors (Lipinski definition) is 1. The molecule has 1 atom stereocenters. The fraction of sp³-hybridized carbons (Fsp3) is 0.368. The molecule has 136 valence electrons. The Morgan fingerprint density at radius 2 is 1.96 bits per heavy atom. The summed E-state index contributed by atoms with van der Waals surface area (Å²) in [5.41, 5.74) is 2.18. The summed E-state index contributed by atoms with van der Waals surface area (Å²) in [6.45, 7) is 1.55. The topological polar surface area (TPSA) is 66.0 Å². The van der Waals surface area contributed by atoms with Gasteiger partial charge in [-0.2, -0.15) is 0 Å². The van der Waals surface area contributed by atoms with Crippen LogP contribution in [-0.2, 0) is 24.4 Å². The maximum absolute atomic E-state index is 14.1. The number of nitrogens with zero attached hydrogens (tertiary/aromatic N) is 1. The minimum absolute atomic E-state index is 0.0360. The Labute approximate surface area is 150 Å². The Balaban J connectivity index is 1.64. The summed E-state index contributed by atoms with van der Waals surface area (Å²) in [5, 5.41) is 11.3. The molecule has 0 saturated heterocycles. The van der Waals surface area contributed by atoms with Crippen molar-refractivity contribution in [1.82, 2.24) is 0 Å². The van der Waals surface area contributed by atoms with Crippen LogP contribution in [0.2, 0.25) is 0 Å². The van der Waals surface area contributed by atoms with E-state index in [-0.39, 0.29) is 18.3 Å². The highest BCUT2D eigenvalue weighted by Gasteiger charge is 2.35. The zero-order chi connectivity index (χ0) is 18.1. The second kappa shape index (κ2) is 7.01. The molecular formula is C19H20FN2O4+. The van der Waals surface area contributed by atoms with Gasteiger partial charge in [0.2, 0.25) is 0 Å². The minimum atomic E-state index is -0.397. The number of halogens is 1. The average Bonchev–Trinajstić information content (AvgIpc) is 3.48. The monoisotopic (exact) mass is 359 g/mol. The van der Waals surface area contributed by atoms with Crippen LogP contribution in [0.25, 0.3) is 0 Å². The molecule has 1 heterocycles. The van der Waals surface area contributed by atoms with E-state index in [1.54, 1.807) is 18.2 Å². The zero-order valence-corrected chi connectivity index (χ0v) is 14.2. The number of benzene rings is 2. The molecule has 7 heteroatoms. The standard InChI is InChI=1S/C19H19FN2O4/c20-18-4-2-1-3-13(18)9-21(16-5-6-16)10-14-7-17(22(23)24)8-15-11-25-12-26-19(14)15/h1-4,7-8,16H,5-6,9-12H2/p+1. The fourth-order valence-corrected chi connectivity index (χ4v) is 3.49. The van der Waals surface area contributed by atoms with Crippen LogP contribution in [0.15, 0.2) is 36.4 Å². The molecule has 0 amide bonds. The van der Waals surface area contributed by atoms with Crippen LogP contribution in [-0.4, -0.2) is 17.8 Å². The van der Waals surface area contributed by atoms with Crippen LogP contribution in [0, 0.1) is 15.9 Å². The van der Waals surface area contributed by atoms with Crippen LogP contribution in [0.3, 0.4) is 0 Å². The van der Waals surface area contributed by atoms with E-state index in [1.807, 2.05) is 6.07 Å². The Kier molecular flexibility index (Phi) is 4.57. The molecule has 0 aromatic heterocycles. The van der Waals surface area contributed by atoms with Gasteiger partial charge in [0.25, 0.3) is 5.69 Å². The molecule has 1 unspecified atom stereocenters. The van der Waals surface area contributed by atoms with Crippen molar-refractivity contribution in [3.05, 3.63) is 69.0 Å². The normalized spacial score (nSPS) is 17.3. The Hall–Kier alpha value is -2.51. The Morgan fingerprint density at radius 1 is 1.19 bits per heavy atom. The maximum atomic E-state index is 14.1. The number of nitro benzene ring substituents is 1. The van der Waals surface area contributed by atoms with Gasteiger partial charge in [0.1, 0.15) is 24.7 Å². The first-order chi connectivity index (χ1) is 12.6. The molecule has 6 nitrogen and oxygen atoms in total. The number of rotatable bonds is 6. The lowest BCUT2D eigenvalue weighted by Crippen LogP contribution is -3.10. The van der Waals surface area contributed by atoms with Crippen LogP contribution in [0.5, 0.6) is 5.75 Å². The molecule has 0 spiro atoms. The average molecular weight is 359 g/mol. The van der Waals surface area contributed by atoms with Crippen LogP contribution in [0.4, 0.5) is 10.1 Å². The molecule has 2 aliphatic rings. The number of hydrogen-bond acceptors (Lipinski definition) is 4. The van der Waals surface area contributed by atoms with E-state index in [0.29, 0.717) is 42.6 Å². The quantitative estimate of drug-likeness (QED) is 0.635. The largest absolute Gasteiger partial charge is 0.467 e. The van der Waals surface area contributed by atoms with Crippen molar-refractivity contribution in [1.29, 1.82) is 0 Å². The number of quaternary nitrogens is 1. The van der Waals surface area contributed by atoms with Gasteiger partial charge in [-0.15, -0.1) is 0 Å². The van der Waals surface area contributed by atoms with E-state index < -0.39 is 4.92 Å². The van der Waals surface area contributed by atoms with E-state index >= 15 is 0 Å². The highest BCUT2D eigenvalue weighted by molar-refractivity contribution is 5.50. The third-order valence-electron chi connectivity index (χ3n) is 4.93. The molecule has 1 aliphatic carbocycles. The van der Waals surface area contributed by atoms with E-state index in [2.05, 4.69) is 0 Å². The molecule has 0 radical (unpaired) electrons. The summed E-state index contributed by atoms with van der Waals surface area (Å²) in [6, 6.07) is 10.3. The first-order valence-corrected chi connectivity index (χ1v) is 8.70. The zero-order valence-electron chi connectivity index (χ0n) is 14.2. The van der Waals surface area contributed by atoms with Crippen molar-refractivity contribution in [3.63, 3.8) is 0 Å². The lowest BCUT2D eigenvalue weighted by molar-refractivity contribution is -0.938. The number of nitrogens with one attached hydrogen (secondary N) is 1. The van der Waals surface area contributed by atoms with Crippen LogP contribution in [0.1, 0.15) is 29.5 Å². The van der Waals surface area contributed by atoms with Gasteiger partial charge in [-0.25, -0.2) is 4.39 Å². The van der Waals surface area contributed by atoms with Crippen LogP contribution >= 0.6 is 0 Å².